The minimum absolute atomic E-state index is 0.0482. The van der Waals surface area contributed by atoms with Crippen molar-refractivity contribution in [2.75, 3.05) is 39.1 Å². The molecule has 2 atom stereocenters. The van der Waals surface area contributed by atoms with Crippen molar-refractivity contribution in [1.29, 1.82) is 0 Å². The third kappa shape index (κ3) is 3.77. The summed E-state index contributed by atoms with van der Waals surface area (Å²) in [6.45, 7) is 5.17. The van der Waals surface area contributed by atoms with Crippen LogP contribution in [-0.2, 0) is 16.1 Å². The van der Waals surface area contributed by atoms with Crippen LogP contribution in [0.25, 0.3) is 10.9 Å². The van der Waals surface area contributed by atoms with E-state index in [9.17, 15) is 4.79 Å². The Hall–Kier alpha value is -1.89. The molecule has 0 saturated carbocycles. The number of morpholine rings is 1. The molecule has 0 radical (unpaired) electrons. The first-order chi connectivity index (χ1) is 11.5. The molecule has 1 aliphatic rings. The van der Waals surface area contributed by atoms with Crippen LogP contribution < -0.4 is 10.6 Å². The summed E-state index contributed by atoms with van der Waals surface area (Å²) < 4.78 is 7.77. The maximum atomic E-state index is 12.5. The van der Waals surface area contributed by atoms with Crippen LogP contribution >= 0.6 is 0 Å². The smallest absolute Gasteiger partial charge is 0.244 e. The van der Waals surface area contributed by atoms with Crippen LogP contribution in [-0.4, -0.2) is 61.3 Å². The van der Waals surface area contributed by atoms with E-state index in [0.717, 1.165) is 24.3 Å². The summed E-state index contributed by atoms with van der Waals surface area (Å²) >= 11 is 0. The fourth-order valence-corrected chi connectivity index (χ4v) is 3.01. The Morgan fingerprint density at radius 3 is 3.00 bits per heavy atom. The number of ether oxygens (including phenoxy) is 1. The average Bonchev–Trinajstić information content (AvgIpc) is 2.95. The summed E-state index contributed by atoms with van der Waals surface area (Å²) in [6.07, 6.45) is 1.98. The average molecular weight is 330 g/mol. The molecule has 1 aromatic carbocycles. The Labute approximate surface area is 142 Å². The van der Waals surface area contributed by atoms with Crippen molar-refractivity contribution in [3.63, 3.8) is 0 Å². The van der Waals surface area contributed by atoms with E-state index in [-0.39, 0.29) is 18.1 Å². The summed E-state index contributed by atoms with van der Waals surface area (Å²) in [4.78, 5) is 14.6. The van der Waals surface area contributed by atoms with Gasteiger partial charge in [-0.1, -0.05) is 6.07 Å². The normalized spacial score (nSPS) is 21.3. The topological polar surface area (TPSA) is 58.5 Å². The van der Waals surface area contributed by atoms with Crippen molar-refractivity contribution in [2.45, 2.75) is 25.6 Å². The number of hydrogen-bond acceptors (Lipinski definition) is 4. The van der Waals surface area contributed by atoms with E-state index in [1.54, 1.807) is 0 Å². The summed E-state index contributed by atoms with van der Waals surface area (Å²) in [7, 11) is 4.13. The maximum absolute atomic E-state index is 12.5. The first-order valence-corrected chi connectivity index (χ1v) is 8.44. The van der Waals surface area contributed by atoms with E-state index in [0.29, 0.717) is 13.2 Å². The standard InChI is InChI=1S/C18H26N4O2/c1-13-17(19-7-11-24-13)18(23)20-15-5-4-14-6-8-22(16(14)12-15)10-9-21(2)3/h4-6,8,12-13,17,19H,7,9-11H2,1-3H3,(H,20,23)/t13-,17+/m1/s1. The van der Waals surface area contributed by atoms with Crippen molar-refractivity contribution >= 4 is 22.5 Å². The van der Waals surface area contributed by atoms with Crippen molar-refractivity contribution in [1.82, 2.24) is 14.8 Å². The zero-order valence-electron chi connectivity index (χ0n) is 14.6. The van der Waals surface area contributed by atoms with E-state index < -0.39 is 0 Å². The molecule has 0 spiro atoms. The zero-order valence-corrected chi connectivity index (χ0v) is 14.6. The molecule has 2 N–H and O–H groups in total. The molecule has 2 heterocycles. The number of benzene rings is 1. The number of hydrogen-bond donors (Lipinski definition) is 2. The third-order valence-corrected chi connectivity index (χ3v) is 4.43. The molecule has 0 unspecified atom stereocenters. The first-order valence-electron chi connectivity index (χ1n) is 8.44. The second kappa shape index (κ2) is 7.34. The van der Waals surface area contributed by atoms with Crippen LogP contribution in [0, 0.1) is 0 Å². The number of likely N-dealkylation sites (N-methyl/N-ethyl adjacent to an activating group) is 1. The number of aromatic nitrogens is 1. The number of carbonyl (C=O) groups is 1. The fourth-order valence-electron chi connectivity index (χ4n) is 3.01. The molecule has 6 nitrogen and oxygen atoms in total. The van der Waals surface area contributed by atoms with Gasteiger partial charge in [-0.2, -0.15) is 0 Å². The Morgan fingerprint density at radius 1 is 1.42 bits per heavy atom. The number of rotatable bonds is 5. The van der Waals surface area contributed by atoms with Gasteiger partial charge in [-0.3, -0.25) is 4.79 Å². The lowest BCUT2D eigenvalue weighted by molar-refractivity contribution is -0.123. The summed E-state index contributed by atoms with van der Waals surface area (Å²) in [5.74, 6) is -0.0482. The molecule has 1 amide bonds. The quantitative estimate of drug-likeness (QED) is 0.873. The fraction of sp³-hybridized carbons (Fsp3) is 0.500. The second-order valence-electron chi connectivity index (χ2n) is 6.58. The number of fused-ring (bicyclic) bond motifs is 1. The van der Waals surface area contributed by atoms with Crippen LogP contribution in [0.3, 0.4) is 0 Å². The third-order valence-electron chi connectivity index (χ3n) is 4.43. The van der Waals surface area contributed by atoms with Crippen LogP contribution in [0.5, 0.6) is 0 Å². The van der Waals surface area contributed by atoms with Crippen molar-refractivity contribution in [3.05, 3.63) is 30.5 Å². The number of nitrogens with zero attached hydrogens (tertiary/aromatic N) is 2. The highest BCUT2D eigenvalue weighted by atomic mass is 16.5. The molecule has 2 aromatic rings. The van der Waals surface area contributed by atoms with Gasteiger partial charge in [0.15, 0.2) is 0 Å². The molecular weight excluding hydrogens is 304 g/mol. The summed E-state index contributed by atoms with van der Waals surface area (Å²) in [5, 5.41) is 7.41. The monoisotopic (exact) mass is 330 g/mol. The minimum Gasteiger partial charge on any atom is -0.375 e. The second-order valence-corrected chi connectivity index (χ2v) is 6.58. The number of amides is 1. The molecular formula is C18H26N4O2. The predicted molar refractivity (Wildman–Crippen MR) is 96.3 cm³/mol. The lowest BCUT2D eigenvalue weighted by Crippen LogP contribution is -2.53. The van der Waals surface area contributed by atoms with E-state index in [2.05, 4.69) is 46.5 Å². The highest BCUT2D eigenvalue weighted by Gasteiger charge is 2.28. The molecule has 3 rings (SSSR count). The predicted octanol–water partition coefficient (Wildman–Crippen LogP) is 1.52. The molecule has 1 saturated heterocycles. The Bertz CT molecular complexity index is 710. The van der Waals surface area contributed by atoms with Crippen molar-refractivity contribution < 1.29 is 9.53 Å². The molecule has 24 heavy (non-hydrogen) atoms. The first kappa shape index (κ1) is 17.0. The van der Waals surface area contributed by atoms with Crippen LogP contribution in [0.1, 0.15) is 6.92 Å². The van der Waals surface area contributed by atoms with Gasteiger partial charge < -0.3 is 24.8 Å². The van der Waals surface area contributed by atoms with Gasteiger partial charge in [0, 0.05) is 31.5 Å². The van der Waals surface area contributed by atoms with Gasteiger partial charge in [-0.25, -0.2) is 0 Å². The van der Waals surface area contributed by atoms with E-state index in [1.807, 2.05) is 25.1 Å². The van der Waals surface area contributed by atoms with Gasteiger partial charge in [0.2, 0.25) is 5.91 Å². The van der Waals surface area contributed by atoms with Crippen molar-refractivity contribution in [2.24, 2.45) is 0 Å². The van der Waals surface area contributed by atoms with Crippen LogP contribution in [0.2, 0.25) is 0 Å². The minimum atomic E-state index is -0.310. The lowest BCUT2D eigenvalue weighted by atomic mass is 10.1. The molecule has 130 valence electrons. The zero-order chi connectivity index (χ0) is 17.1. The summed E-state index contributed by atoms with van der Waals surface area (Å²) in [6, 6.07) is 7.83. The van der Waals surface area contributed by atoms with Gasteiger partial charge in [0.05, 0.1) is 18.2 Å². The van der Waals surface area contributed by atoms with Crippen molar-refractivity contribution in [3.8, 4) is 0 Å². The SMILES string of the molecule is C[C@H]1OCCN[C@@H]1C(=O)Nc1ccc2ccn(CCN(C)C)c2c1. The number of nitrogens with one attached hydrogen (secondary N) is 2. The van der Waals surface area contributed by atoms with E-state index in [4.69, 9.17) is 4.74 Å². The van der Waals surface area contributed by atoms with Crippen LogP contribution in [0.4, 0.5) is 5.69 Å². The van der Waals surface area contributed by atoms with Gasteiger partial charge in [-0.05, 0) is 44.6 Å². The molecule has 1 aromatic heterocycles. The molecule has 0 aliphatic carbocycles. The largest absolute Gasteiger partial charge is 0.375 e. The van der Waals surface area contributed by atoms with Gasteiger partial charge in [0.25, 0.3) is 0 Å². The number of anilines is 1. The Morgan fingerprint density at radius 2 is 2.25 bits per heavy atom. The number of carbonyl (C=O) groups excluding carboxylic acids is 1. The highest BCUT2D eigenvalue weighted by molar-refractivity contribution is 5.97. The Balaban J connectivity index is 1.74. The maximum Gasteiger partial charge on any atom is 0.244 e. The van der Waals surface area contributed by atoms with E-state index in [1.165, 1.54) is 5.39 Å². The highest BCUT2D eigenvalue weighted by Crippen LogP contribution is 2.21. The Kier molecular flexibility index (Phi) is 5.18. The van der Waals surface area contributed by atoms with E-state index >= 15 is 0 Å². The molecule has 6 heteroatoms. The van der Waals surface area contributed by atoms with Gasteiger partial charge in [0.1, 0.15) is 6.04 Å². The lowest BCUT2D eigenvalue weighted by Gasteiger charge is -2.29. The van der Waals surface area contributed by atoms with Gasteiger partial charge >= 0.3 is 0 Å². The molecule has 1 fully saturated rings. The molecule has 0 bridgehead atoms. The summed E-state index contributed by atoms with van der Waals surface area (Å²) in [5.41, 5.74) is 1.95. The molecule has 1 aliphatic heterocycles. The van der Waals surface area contributed by atoms with Gasteiger partial charge in [-0.15, -0.1) is 0 Å². The van der Waals surface area contributed by atoms with Crippen LogP contribution in [0.15, 0.2) is 30.5 Å².